The summed E-state index contributed by atoms with van der Waals surface area (Å²) in [6.45, 7) is 3.98. The molecule has 0 unspecified atom stereocenters. The third kappa shape index (κ3) is 4.38. The number of rotatable bonds is 2. The molecule has 27 heavy (non-hydrogen) atoms. The molecule has 0 radical (unpaired) electrons. The summed E-state index contributed by atoms with van der Waals surface area (Å²) in [5, 5.41) is 3.97. The zero-order valence-electron chi connectivity index (χ0n) is 14.0. The maximum atomic E-state index is 13.8. The second kappa shape index (κ2) is 8.66. The molecular weight excluding hydrogens is 392 g/mol. The van der Waals surface area contributed by atoms with Crippen molar-refractivity contribution in [3.8, 4) is 5.69 Å². The number of benzene rings is 1. The Hall–Kier alpha value is -2.21. The van der Waals surface area contributed by atoms with E-state index >= 15 is 0 Å². The summed E-state index contributed by atoms with van der Waals surface area (Å²) in [5.41, 5.74) is -1.05. The molecule has 2 heterocycles. The van der Waals surface area contributed by atoms with Crippen molar-refractivity contribution in [3.05, 3.63) is 41.2 Å². The van der Waals surface area contributed by atoms with Gasteiger partial charge in [0.1, 0.15) is 0 Å². The van der Waals surface area contributed by atoms with Crippen molar-refractivity contribution < 1.29 is 44.2 Å². The van der Waals surface area contributed by atoms with Crippen LogP contribution in [0.5, 0.6) is 0 Å². The Labute approximate surface area is 148 Å². The molecule has 13 heteroatoms. The highest BCUT2D eigenvalue weighted by Crippen LogP contribution is 2.28. The Balaban J connectivity index is 0.000000666. The number of hydrogen-bond acceptors (Lipinski definition) is 1. The van der Waals surface area contributed by atoms with Gasteiger partial charge in [-0.1, -0.05) is 18.5 Å². The van der Waals surface area contributed by atoms with E-state index in [2.05, 4.69) is 5.10 Å². The van der Waals surface area contributed by atoms with Crippen LogP contribution in [0.4, 0.5) is 34.9 Å². The maximum Gasteiger partial charge on any atom is 0.762 e. The number of halogens is 9. The average molecular weight is 405 g/mol. The molecule has 1 aliphatic heterocycles. The van der Waals surface area contributed by atoms with Gasteiger partial charge in [-0.3, -0.25) is 12.9 Å². The number of hydrogen-bond donors (Lipinski definition) is 0. The lowest BCUT2D eigenvalue weighted by Crippen LogP contribution is -3.00. The van der Waals surface area contributed by atoms with E-state index in [4.69, 9.17) is 0 Å². The van der Waals surface area contributed by atoms with Crippen molar-refractivity contribution in [2.24, 2.45) is 5.92 Å². The van der Waals surface area contributed by atoms with Crippen LogP contribution in [-0.4, -0.2) is 17.3 Å². The second-order valence-corrected chi connectivity index (χ2v) is 5.90. The molecule has 1 aromatic carbocycles. The van der Waals surface area contributed by atoms with Gasteiger partial charge in [-0.15, -0.1) is 0 Å². The van der Waals surface area contributed by atoms with Crippen LogP contribution in [0.25, 0.3) is 5.69 Å². The summed E-state index contributed by atoms with van der Waals surface area (Å²) in [6.07, 6.45) is 2.70. The minimum Gasteiger partial charge on any atom is -1.00 e. The standard InChI is InChI=1S/C14H13F5N3.BF3.FH/c1-6(2)7-3-4-8-20-22(5-21(7)8)14-12(18)10(16)9(15)11(17)13(14)19;2-1(3)4;/h5-7H,3-4H2,1-2H3;;1H/q+1;;/p-1/t7-;;/m0../s1. The van der Waals surface area contributed by atoms with Crippen LogP contribution in [0, 0.1) is 35.0 Å². The molecule has 0 saturated heterocycles. The average Bonchev–Trinajstić information content (AvgIpc) is 3.10. The molecule has 0 amide bonds. The lowest BCUT2D eigenvalue weighted by Gasteiger charge is -2.12. The second-order valence-electron chi connectivity index (χ2n) is 5.90. The van der Waals surface area contributed by atoms with Crippen molar-refractivity contribution >= 4 is 7.54 Å². The first-order valence-corrected chi connectivity index (χ1v) is 7.49. The number of aryl methyl sites for hydroxylation is 1. The van der Waals surface area contributed by atoms with Gasteiger partial charge in [0.25, 0.3) is 5.82 Å². The van der Waals surface area contributed by atoms with Gasteiger partial charge in [-0.25, -0.2) is 17.7 Å². The first-order valence-electron chi connectivity index (χ1n) is 7.49. The fourth-order valence-electron chi connectivity index (χ4n) is 2.82. The van der Waals surface area contributed by atoms with Crippen molar-refractivity contribution in [3.63, 3.8) is 0 Å². The van der Waals surface area contributed by atoms with Crippen LogP contribution in [0.2, 0.25) is 0 Å². The van der Waals surface area contributed by atoms with Crippen LogP contribution in [0.1, 0.15) is 32.1 Å². The van der Waals surface area contributed by atoms with Crippen molar-refractivity contribution in [2.75, 3.05) is 0 Å². The third-order valence-electron chi connectivity index (χ3n) is 3.96. The van der Waals surface area contributed by atoms with Crippen LogP contribution in [0.3, 0.4) is 0 Å². The summed E-state index contributed by atoms with van der Waals surface area (Å²) >= 11 is 0. The summed E-state index contributed by atoms with van der Waals surface area (Å²) < 4.78 is 98.7. The smallest absolute Gasteiger partial charge is 0.762 e. The van der Waals surface area contributed by atoms with E-state index in [1.54, 1.807) is 4.57 Å². The molecule has 0 aliphatic carbocycles. The zero-order valence-corrected chi connectivity index (χ0v) is 14.0. The molecule has 3 nitrogen and oxygen atoms in total. The van der Waals surface area contributed by atoms with Crippen LogP contribution >= 0.6 is 0 Å². The molecule has 0 saturated carbocycles. The van der Waals surface area contributed by atoms with Crippen LogP contribution in [0.15, 0.2) is 6.33 Å². The summed E-state index contributed by atoms with van der Waals surface area (Å²) in [4.78, 5) is 0. The molecule has 0 fully saturated rings. The fourth-order valence-corrected chi connectivity index (χ4v) is 2.82. The molecule has 3 rings (SSSR count). The van der Waals surface area contributed by atoms with E-state index in [9.17, 15) is 34.9 Å². The Morgan fingerprint density at radius 2 is 1.44 bits per heavy atom. The summed E-state index contributed by atoms with van der Waals surface area (Å²) in [6, 6.07) is 0.0880. The van der Waals surface area contributed by atoms with Gasteiger partial charge < -0.3 is 4.70 Å². The van der Waals surface area contributed by atoms with E-state index in [-0.39, 0.29) is 16.7 Å². The highest BCUT2D eigenvalue weighted by atomic mass is 19.4. The number of aromatic nitrogens is 3. The molecule has 0 N–H and O–H groups in total. The van der Waals surface area contributed by atoms with E-state index in [0.717, 1.165) is 11.1 Å². The van der Waals surface area contributed by atoms with Gasteiger partial charge in [0.05, 0.1) is 6.04 Å². The highest BCUT2D eigenvalue weighted by Gasteiger charge is 2.37. The lowest BCUT2D eigenvalue weighted by molar-refractivity contribution is -0.723. The number of nitrogens with zero attached hydrogens (tertiary/aromatic N) is 3. The Morgan fingerprint density at radius 1 is 1.00 bits per heavy atom. The van der Waals surface area contributed by atoms with Crippen molar-refractivity contribution in [1.82, 2.24) is 9.78 Å². The molecule has 0 spiro atoms. The van der Waals surface area contributed by atoms with Gasteiger partial charge in [0, 0.05) is 11.5 Å². The van der Waals surface area contributed by atoms with E-state index in [1.165, 1.54) is 6.33 Å². The minimum absolute atomic E-state index is 0. The normalized spacial score (nSPS) is 15.1. The molecule has 1 aliphatic rings. The van der Waals surface area contributed by atoms with Gasteiger partial charge in [-0.05, 0) is 12.3 Å². The van der Waals surface area contributed by atoms with Gasteiger partial charge >= 0.3 is 7.54 Å². The summed E-state index contributed by atoms with van der Waals surface area (Å²) in [7, 11) is -3.67. The minimum atomic E-state index is -3.67. The molecule has 1 atom stereocenters. The third-order valence-corrected chi connectivity index (χ3v) is 3.96. The largest absolute Gasteiger partial charge is 1.00 e. The van der Waals surface area contributed by atoms with Gasteiger partial charge in [0.15, 0.2) is 0 Å². The van der Waals surface area contributed by atoms with Gasteiger partial charge in [0.2, 0.25) is 41.1 Å². The topological polar surface area (TPSA) is 21.7 Å². The Bertz CT molecular complexity index is 778. The van der Waals surface area contributed by atoms with Crippen molar-refractivity contribution in [1.29, 1.82) is 0 Å². The van der Waals surface area contributed by atoms with E-state index < -0.39 is 42.3 Å². The van der Waals surface area contributed by atoms with E-state index in [1.807, 2.05) is 13.8 Å². The van der Waals surface area contributed by atoms with Crippen LogP contribution in [-0.2, 0) is 6.42 Å². The molecule has 1 aromatic heterocycles. The number of fused-ring (bicyclic) bond motifs is 1. The van der Waals surface area contributed by atoms with Crippen molar-refractivity contribution in [2.45, 2.75) is 32.7 Å². The Kier molecular flexibility index (Phi) is 7.32. The first kappa shape index (κ1) is 22.8. The molecule has 2 aromatic rings. The first-order chi connectivity index (χ1) is 12.1. The Morgan fingerprint density at radius 3 is 1.89 bits per heavy atom. The van der Waals surface area contributed by atoms with E-state index in [0.29, 0.717) is 12.2 Å². The highest BCUT2D eigenvalue weighted by molar-refractivity contribution is 6.33. The molecule has 0 bridgehead atoms. The molecular formula is C14H13BF9N3. The molecule has 150 valence electrons. The van der Waals surface area contributed by atoms with Crippen LogP contribution < -0.4 is 9.27 Å². The predicted molar refractivity (Wildman–Crippen MR) is 74.8 cm³/mol. The fraction of sp³-hybridized carbons (Fsp3) is 0.429. The van der Waals surface area contributed by atoms with Gasteiger partial charge in [-0.2, -0.15) is 8.78 Å². The quantitative estimate of drug-likeness (QED) is 0.239. The predicted octanol–water partition coefficient (Wildman–Crippen LogP) is 0.882. The maximum absolute atomic E-state index is 13.8. The lowest BCUT2D eigenvalue weighted by atomic mass is 10.0. The monoisotopic (exact) mass is 405 g/mol. The zero-order chi connectivity index (χ0) is 19.8. The SMILES string of the molecule is CC(C)[C@@H]1CCc2nn(-c3c(F)c(F)c(F)c(F)c3F)c[n+]21.FB(F)F.[F-]. The summed E-state index contributed by atoms with van der Waals surface area (Å²) in [5.74, 6) is -9.09.